The first-order chi connectivity index (χ1) is 10.9. The lowest BCUT2D eigenvalue weighted by molar-refractivity contribution is -0.380. The number of carbonyl (C=O) groups excluding carboxylic acids is 2. The summed E-state index contributed by atoms with van der Waals surface area (Å²) >= 11 is 6.50. The van der Waals surface area contributed by atoms with Crippen molar-refractivity contribution in [3.05, 3.63) is 56.4 Å². The number of benzene rings is 1. The van der Waals surface area contributed by atoms with Crippen LogP contribution in [0.4, 0.5) is 10.7 Å². The second-order valence-corrected chi connectivity index (χ2v) is 5.94. The molecule has 0 unspecified atom stereocenters. The minimum atomic E-state index is -1.07. The number of amides is 1. The summed E-state index contributed by atoms with van der Waals surface area (Å²) in [5.74, 6) is -1.33. The molecule has 1 atom stereocenters. The number of ether oxygens (including phenoxy) is 1. The van der Waals surface area contributed by atoms with Crippen LogP contribution in [0.15, 0.2) is 36.4 Å². The number of anilines is 1. The van der Waals surface area contributed by atoms with Crippen molar-refractivity contribution in [1.29, 1.82) is 0 Å². The van der Waals surface area contributed by atoms with Gasteiger partial charge in [-0.05, 0) is 31.2 Å². The summed E-state index contributed by atoms with van der Waals surface area (Å²) in [6, 6.07) is 9.01. The topological polar surface area (TPSA) is 98.5 Å². The van der Waals surface area contributed by atoms with E-state index in [1.54, 1.807) is 24.3 Å². The van der Waals surface area contributed by atoms with E-state index in [0.29, 0.717) is 22.0 Å². The number of hydrogen-bond donors (Lipinski definition) is 1. The van der Waals surface area contributed by atoms with Crippen LogP contribution in [0, 0.1) is 10.1 Å². The first-order valence-electron chi connectivity index (χ1n) is 6.38. The Bertz CT molecular complexity index is 761. The number of nitro groups is 1. The Labute approximate surface area is 140 Å². The van der Waals surface area contributed by atoms with Crippen molar-refractivity contribution < 1.29 is 19.2 Å². The zero-order valence-electron chi connectivity index (χ0n) is 11.8. The summed E-state index contributed by atoms with van der Waals surface area (Å²) in [6.45, 7) is 1.40. The van der Waals surface area contributed by atoms with Crippen LogP contribution >= 0.6 is 22.9 Å². The van der Waals surface area contributed by atoms with Crippen molar-refractivity contribution in [2.75, 3.05) is 5.32 Å². The van der Waals surface area contributed by atoms with Crippen molar-refractivity contribution in [2.24, 2.45) is 0 Å². The molecule has 0 aliphatic heterocycles. The third kappa shape index (κ3) is 4.51. The van der Waals surface area contributed by atoms with Crippen molar-refractivity contribution in [1.82, 2.24) is 0 Å². The van der Waals surface area contributed by atoms with Gasteiger partial charge >= 0.3 is 11.0 Å². The molecule has 2 rings (SSSR count). The fourth-order valence-electron chi connectivity index (χ4n) is 1.62. The van der Waals surface area contributed by atoms with Crippen LogP contribution in [0.2, 0.25) is 5.02 Å². The lowest BCUT2D eigenvalue weighted by atomic mass is 10.3. The van der Waals surface area contributed by atoms with Crippen molar-refractivity contribution >= 4 is 45.5 Å². The molecular weight excluding hydrogens is 344 g/mol. The summed E-state index contributed by atoms with van der Waals surface area (Å²) < 4.78 is 5.00. The number of thiophene rings is 1. The van der Waals surface area contributed by atoms with E-state index in [9.17, 15) is 19.7 Å². The highest BCUT2D eigenvalue weighted by molar-refractivity contribution is 7.17. The standard InChI is InChI=1S/C14H11ClN2O5S/c1-8(13(18)16-10-4-2-3-9(15)7-10)22-14(19)11-5-6-12(23-11)17(20)21/h2-8H,1H3,(H,16,18)/t8-/m0/s1. The SMILES string of the molecule is C[C@H](OC(=O)c1ccc([N+](=O)[O-])s1)C(=O)Nc1cccc(Cl)c1. The molecule has 1 heterocycles. The fraction of sp³-hybridized carbons (Fsp3) is 0.143. The van der Waals surface area contributed by atoms with Gasteiger partial charge in [0.15, 0.2) is 6.10 Å². The molecule has 0 aliphatic carbocycles. The summed E-state index contributed by atoms with van der Waals surface area (Å²) in [4.78, 5) is 33.9. The van der Waals surface area contributed by atoms with Crippen LogP contribution in [0.1, 0.15) is 16.6 Å². The highest BCUT2D eigenvalue weighted by Gasteiger charge is 2.22. The van der Waals surface area contributed by atoms with Crippen LogP contribution in [-0.4, -0.2) is 22.9 Å². The zero-order valence-corrected chi connectivity index (χ0v) is 13.4. The Morgan fingerprint density at radius 1 is 1.35 bits per heavy atom. The third-order valence-corrected chi connectivity index (χ3v) is 3.97. The van der Waals surface area contributed by atoms with Gasteiger partial charge in [0.05, 0.1) is 4.92 Å². The first kappa shape index (κ1) is 16.9. The Hall–Kier alpha value is -2.45. The Morgan fingerprint density at radius 2 is 2.09 bits per heavy atom. The quantitative estimate of drug-likeness (QED) is 0.503. The summed E-state index contributed by atoms with van der Waals surface area (Å²) in [6.07, 6.45) is -1.07. The van der Waals surface area contributed by atoms with Gasteiger partial charge < -0.3 is 10.1 Å². The first-order valence-corrected chi connectivity index (χ1v) is 7.58. The minimum Gasteiger partial charge on any atom is -0.448 e. The van der Waals surface area contributed by atoms with Gasteiger partial charge in [0.2, 0.25) is 0 Å². The maximum Gasteiger partial charge on any atom is 0.349 e. The highest BCUT2D eigenvalue weighted by atomic mass is 35.5. The number of hydrogen-bond acceptors (Lipinski definition) is 6. The van der Waals surface area contributed by atoms with Gasteiger partial charge in [-0.2, -0.15) is 0 Å². The van der Waals surface area contributed by atoms with Crippen molar-refractivity contribution in [2.45, 2.75) is 13.0 Å². The average molecular weight is 355 g/mol. The largest absolute Gasteiger partial charge is 0.448 e. The van der Waals surface area contributed by atoms with Crippen LogP contribution in [0.25, 0.3) is 0 Å². The molecule has 1 N–H and O–H groups in total. The van der Waals surface area contributed by atoms with E-state index in [-0.39, 0.29) is 9.88 Å². The molecular formula is C14H11ClN2O5S. The van der Waals surface area contributed by atoms with Gasteiger partial charge in [0, 0.05) is 16.8 Å². The van der Waals surface area contributed by atoms with E-state index >= 15 is 0 Å². The van der Waals surface area contributed by atoms with Crippen LogP contribution in [-0.2, 0) is 9.53 Å². The fourth-order valence-corrected chi connectivity index (χ4v) is 2.51. The molecule has 1 aromatic carbocycles. The third-order valence-electron chi connectivity index (χ3n) is 2.72. The molecule has 0 radical (unpaired) electrons. The molecule has 1 aromatic heterocycles. The monoisotopic (exact) mass is 354 g/mol. The van der Waals surface area contributed by atoms with Crippen LogP contribution in [0.3, 0.4) is 0 Å². The Balaban J connectivity index is 1.97. The minimum absolute atomic E-state index is 0.0547. The molecule has 23 heavy (non-hydrogen) atoms. The van der Waals surface area contributed by atoms with Gasteiger partial charge in [-0.15, -0.1) is 0 Å². The number of nitrogens with one attached hydrogen (secondary N) is 1. The van der Waals surface area contributed by atoms with Gasteiger partial charge in [-0.1, -0.05) is 29.0 Å². The maximum absolute atomic E-state index is 12.0. The number of rotatable bonds is 5. The van der Waals surface area contributed by atoms with Crippen molar-refractivity contribution in [3.63, 3.8) is 0 Å². The molecule has 0 aliphatic rings. The molecule has 0 spiro atoms. The number of halogens is 1. The average Bonchev–Trinajstić information content (AvgIpc) is 2.97. The lowest BCUT2D eigenvalue weighted by Gasteiger charge is -2.13. The van der Waals surface area contributed by atoms with E-state index < -0.39 is 22.9 Å². The molecule has 1 amide bonds. The Kier molecular flexibility index (Phi) is 5.30. The number of nitrogens with zero attached hydrogens (tertiary/aromatic N) is 1. The smallest absolute Gasteiger partial charge is 0.349 e. The van der Waals surface area contributed by atoms with Crippen molar-refractivity contribution in [3.8, 4) is 0 Å². The van der Waals surface area contributed by atoms with E-state index in [4.69, 9.17) is 16.3 Å². The van der Waals surface area contributed by atoms with Crippen LogP contribution < -0.4 is 5.32 Å². The second kappa shape index (κ2) is 7.21. The second-order valence-electron chi connectivity index (χ2n) is 4.44. The molecule has 7 nitrogen and oxygen atoms in total. The molecule has 120 valence electrons. The number of carbonyl (C=O) groups is 2. The number of esters is 1. The molecule has 0 bridgehead atoms. The van der Waals surface area contributed by atoms with E-state index in [1.165, 1.54) is 19.1 Å². The van der Waals surface area contributed by atoms with Crippen LogP contribution in [0.5, 0.6) is 0 Å². The predicted molar refractivity (Wildman–Crippen MR) is 85.9 cm³/mol. The van der Waals surface area contributed by atoms with Gasteiger partial charge in [0.1, 0.15) is 4.88 Å². The molecule has 0 saturated carbocycles. The lowest BCUT2D eigenvalue weighted by Crippen LogP contribution is -2.29. The Morgan fingerprint density at radius 3 is 2.70 bits per heavy atom. The highest BCUT2D eigenvalue weighted by Crippen LogP contribution is 2.25. The summed E-state index contributed by atoms with van der Waals surface area (Å²) in [5.41, 5.74) is 0.470. The van der Waals surface area contributed by atoms with Gasteiger partial charge in [0.25, 0.3) is 5.91 Å². The molecule has 0 saturated heterocycles. The molecule has 9 heteroatoms. The van der Waals surface area contributed by atoms with Gasteiger partial charge in [-0.25, -0.2) is 4.79 Å². The predicted octanol–water partition coefficient (Wildman–Crippen LogP) is 3.49. The molecule has 2 aromatic rings. The van der Waals surface area contributed by atoms with E-state index in [1.807, 2.05) is 0 Å². The zero-order chi connectivity index (χ0) is 17.0. The summed E-state index contributed by atoms with van der Waals surface area (Å²) in [7, 11) is 0. The van der Waals surface area contributed by atoms with E-state index in [0.717, 1.165) is 0 Å². The maximum atomic E-state index is 12.0. The summed E-state index contributed by atoms with van der Waals surface area (Å²) in [5, 5.41) is 13.4. The molecule has 0 fully saturated rings. The van der Waals surface area contributed by atoms with Gasteiger partial charge in [-0.3, -0.25) is 14.9 Å². The van der Waals surface area contributed by atoms with E-state index in [2.05, 4.69) is 5.32 Å². The normalized spacial score (nSPS) is 11.6.